The maximum atomic E-state index is 5.53. The van der Waals surface area contributed by atoms with Crippen molar-refractivity contribution in [2.75, 3.05) is 6.54 Å². The topological polar surface area (TPSA) is 51.8 Å². The maximum absolute atomic E-state index is 5.53. The molecule has 0 amide bonds. The van der Waals surface area contributed by atoms with Crippen LogP contribution >= 0.6 is 11.3 Å². The molecular weight excluding hydrogens is 230 g/mol. The lowest BCUT2D eigenvalue weighted by Crippen LogP contribution is -2.02. The average molecular weight is 247 g/mol. The Bertz CT molecular complexity index is 474. The Hall–Kier alpha value is -1.26. The third-order valence-corrected chi connectivity index (χ3v) is 3.84. The smallest absolute Gasteiger partial charge is 0.147 e. The summed E-state index contributed by atoms with van der Waals surface area (Å²) in [6.07, 6.45) is 0.924. The fourth-order valence-corrected chi connectivity index (χ4v) is 2.42. The van der Waals surface area contributed by atoms with Gasteiger partial charge in [0, 0.05) is 11.5 Å². The first-order chi connectivity index (χ1) is 8.20. The van der Waals surface area contributed by atoms with E-state index < -0.39 is 0 Å². The molecule has 0 saturated heterocycles. The first-order valence-electron chi connectivity index (χ1n) is 5.83. The van der Waals surface area contributed by atoms with Crippen LogP contribution in [-0.2, 0) is 6.42 Å². The molecule has 0 fully saturated rings. The molecule has 90 valence electrons. The molecule has 17 heavy (non-hydrogen) atoms. The Kier molecular flexibility index (Phi) is 3.86. The molecule has 0 unspecified atom stereocenters. The minimum Gasteiger partial charge on any atom is -0.330 e. The molecule has 0 saturated carbocycles. The fourth-order valence-electron chi connectivity index (χ4n) is 1.57. The molecular formula is C13H17N3S. The quantitative estimate of drug-likeness (QED) is 0.904. The van der Waals surface area contributed by atoms with E-state index >= 15 is 0 Å². The van der Waals surface area contributed by atoms with Crippen molar-refractivity contribution < 1.29 is 0 Å². The van der Waals surface area contributed by atoms with E-state index in [-0.39, 0.29) is 0 Å². The summed E-state index contributed by atoms with van der Waals surface area (Å²) in [5.41, 5.74) is 7.93. The summed E-state index contributed by atoms with van der Waals surface area (Å²) in [4.78, 5) is 0. The largest absolute Gasteiger partial charge is 0.330 e. The van der Waals surface area contributed by atoms with Gasteiger partial charge in [0.2, 0.25) is 0 Å². The molecule has 2 rings (SSSR count). The normalized spacial score (nSPS) is 11.1. The second kappa shape index (κ2) is 5.38. The van der Waals surface area contributed by atoms with Crippen molar-refractivity contribution in [1.29, 1.82) is 0 Å². The Balaban J connectivity index is 2.21. The molecule has 2 N–H and O–H groups in total. The van der Waals surface area contributed by atoms with Gasteiger partial charge in [-0.05, 0) is 18.5 Å². The lowest BCUT2D eigenvalue weighted by atomic mass is 10.1. The summed E-state index contributed by atoms with van der Waals surface area (Å²) in [6, 6.07) is 8.41. The zero-order chi connectivity index (χ0) is 12.3. The van der Waals surface area contributed by atoms with Crippen molar-refractivity contribution in [2.24, 2.45) is 5.73 Å². The van der Waals surface area contributed by atoms with Gasteiger partial charge in [-0.2, -0.15) is 0 Å². The average Bonchev–Trinajstić information content (AvgIpc) is 2.80. The molecule has 1 aromatic heterocycles. The van der Waals surface area contributed by atoms with Crippen molar-refractivity contribution in [3.63, 3.8) is 0 Å². The van der Waals surface area contributed by atoms with Crippen molar-refractivity contribution in [3.05, 3.63) is 34.8 Å². The Morgan fingerprint density at radius 2 is 1.88 bits per heavy atom. The zero-order valence-corrected chi connectivity index (χ0v) is 11.0. The third kappa shape index (κ3) is 2.90. The van der Waals surface area contributed by atoms with Crippen LogP contribution in [0.25, 0.3) is 10.6 Å². The first kappa shape index (κ1) is 12.2. The highest BCUT2D eigenvalue weighted by Crippen LogP contribution is 2.27. The van der Waals surface area contributed by atoms with Crippen molar-refractivity contribution in [1.82, 2.24) is 10.2 Å². The van der Waals surface area contributed by atoms with Gasteiger partial charge in [0.25, 0.3) is 0 Å². The van der Waals surface area contributed by atoms with Gasteiger partial charge in [0.15, 0.2) is 0 Å². The van der Waals surface area contributed by atoms with Gasteiger partial charge in [-0.15, -0.1) is 10.2 Å². The van der Waals surface area contributed by atoms with Crippen LogP contribution in [0.15, 0.2) is 24.3 Å². The van der Waals surface area contributed by atoms with E-state index in [2.05, 4.69) is 48.3 Å². The van der Waals surface area contributed by atoms with Crippen LogP contribution in [0.2, 0.25) is 0 Å². The molecule has 0 radical (unpaired) electrons. The van der Waals surface area contributed by atoms with Gasteiger partial charge in [-0.1, -0.05) is 49.4 Å². The second-order valence-electron chi connectivity index (χ2n) is 4.34. The van der Waals surface area contributed by atoms with E-state index in [9.17, 15) is 0 Å². The monoisotopic (exact) mass is 247 g/mol. The maximum Gasteiger partial charge on any atom is 0.147 e. The summed E-state index contributed by atoms with van der Waals surface area (Å²) >= 11 is 1.67. The van der Waals surface area contributed by atoms with Gasteiger partial charge in [-0.25, -0.2) is 0 Å². The zero-order valence-electron chi connectivity index (χ0n) is 10.2. The number of nitrogens with zero attached hydrogens (tertiary/aromatic N) is 2. The minimum absolute atomic E-state index is 0.442. The second-order valence-corrected chi connectivity index (χ2v) is 5.34. The first-order valence-corrected chi connectivity index (χ1v) is 6.65. The van der Waals surface area contributed by atoms with E-state index in [0.717, 1.165) is 22.0 Å². The highest BCUT2D eigenvalue weighted by atomic mass is 32.1. The van der Waals surface area contributed by atoms with Crippen molar-refractivity contribution in [2.45, 2.75) is 26.2 Å². The third-order valence-electron chi connectivity index (χ3n) is 2.57. The fraction of sp³-hybridized carbons (Fsp3) is 0.385. The van der Waals surface area contributed by atoms with Crippen LogP contribution in [0.5, 0.6) is 0 Å². The van der Waals surface area contributed by atoms with Crippen LogP contribution in [-0.4, -0.2) is 16.7 Å². The molecule has 0 spiro atoms. The number of benzene rings is 1. The molecule has 0 atom stereocenters. The molecule has 1 heterocycles. The number of hydrogen-bond donors (Lipinski definition) is 1. The predicted octanol–water partition coefficient (Wildman–Crippen LogP) is 2.83. The van der Waals surface area contributed by atoms with Gasteiger partial charge in [-0.3, -0.25) is 0 Å². The van der Waals surface area contributed by atoms with Crippen LogP contribution in [0.1, 0.15) is 30.3 Å². The molecule has 4 heteroatoms. The molecule has 0 bridgehead atoms. The van der Waals surface area contributed by atoms with Crippen molar-refractivity contribution in [3.8, 4) is 10.6 Å². The van der Waals surface area contributed by atoms with Gasteiger partial charge >= 0.3 is 0 Å². The van der Waals surface area contributed by atoms with E-state index in [1.807, 2.05) is 0 Å². The Labute approximate surface area is 106 Å². The highest BCUT2D eigenvalue weighted by Gasteiger charge is 2.09. The molecule has 3 nitrogen and oxygen atoms in total. The van der Waals surface area contributed by atoms with Crippen LogP contribution in [0, 0.1) is 0 Å². The van der Waals surface area contributed by atoms with Crippen LogP contribution in [0.4, 0.5) is 0 Å². The Morgan fingerprint density at radius 3 is 2.41 bits per heavy atom. The minimum atomic E-state index is 0.442. The number of aromatic nitrogens is 2. The number of nitrogens with two attached hydrogens (primary N) is 1. The summed E-state index contributed by atoms with van der Waals surface area (Å²) in [6.45, 7) is 4.96. The van der Waals surface area contributed by atoms with E-state index in [1.165, 1.54) is 5.56 Å². The van der Waals surface area contributed by atoms with Crippen LogP contribution < -0.4 is 5.73 Å². The lowest BCUT2D eigenvalue weighted by Gasteiger charge is -1.99. The Morgan fingerprint density at radius 1 is 1.18 bits per heavy atom. The summed E-state index contributed by atoms with van der Waals surface area (Å²) in [5, 5.41) is 10.5. The van der Waals surface area contributed by atoms with E-state index in [0.29, 0.717) is 12.5 Å². The van der Waals surface area contributed by atoms with Gasteiger partial charge < -0.3 is 5.73 Å². The number of hydrogen-bond acceptors (Lipinski definition) is 4. The standard InChI is InChI=1S/C13H17N3S/c1-9(2)12-15-16-13(17-12)11-5-3-10(4-6-11)7-8-14/h3-6,9H,7-8,14H2,1-2H3. The molecule has 0 aliphatic heterocycles. The van der Waals surface area contributed by atoms with Gasteiger partial charge in [0.1, 0.15) is 10.0 Å². The summed E-state index contributed by atoms with van der Waals surface area (Å²) in [7, 11) is 0. The molecule has 0 aliphatic rings. The van der Waals surface area contributed by atoms with Gasteiger partial charge in [0.05, 0.1) is 0 Å². The number of rotatable bonds is 4. The molecule has 2 aromatic rings. The summed E-state index contributed by atoms with van der Waals surface area (Å²) in [5.74, 6) is 0.442. The lowest BCUT2D eigenvalue weighted by molar-refractivity contribution is 0.825. The molecule has 1 aromatic carbocycles. The highest BCUT2D eigenvalue weighted by molar-refractivity contribution is 7.14. The SMILES string of the molecule is CC(C)c1nnc(-c2ccc(CCN)cc2)s1. The van der Waals surface area contributed by atoms with Crippen molar-refractivity contribution >= 4 is 11.3 Å². The molecule has 0 aliphatic carbocycles. The summed E-state index contributed by atoms with van der Waals surface area (Å²) < 4.78 is 0. The van der Waals surface area contributed by atoms with E-state index in [1.54, 1.807) is 11.3 Å². The van der Waals surface area contributed by atoms with E-state index in [4.69, 9.17) is 5.73 Å². The van der Waals surface area contributed by atoms with Crippen LogP contribution in [0.3, 0.4) is 0 Å². The predicted molar refractivity (Wildman–Crippen MR) is 72.2 cm³/mol.